The lowest BCUT2D eigenvalue weighted by Crippen LogP contribution is -2.43. The SMILES string of the molecule is CC1C=CC2C(C=CCC(O)O)CC(C)C(O)C2C1. The van der Waals surface area contributed by atoms with Gasteiger partial charge in [-0.05, 0) is 42.4 Å². The summed E-state index contributed by atoms with van der Waals surface area (Å²) in [6.07, 6.45) is 9.34. The topological polar surface area (TPSA) is 60.7 Å². The summed E-state index contributed by atoms with van der Waals surface area (Å²) >= 11 is 0. The highest BCUT2D eigenvalue weighted by Crippen LogP contribution is 2.45. The van der Waals surface area contributed by atoms with Gasteiger partial charge < -0.3 is 15.3 Å². The van der Waals surface area contributed by atoms with E-state index < -0.39 is 6.29 Å². The Balaban J connectivity index is 2.10. The van der Waals surface area contributed by atoms with E-state index in [1.807, 2.05) is 6.08 Å². The zero-order valence-electron chi connectivity index (χ0n) is 11.8. The Bertz CT molecular complexity index is 348. The average Bonchev–Trinajstić information content (AvgIpc) is 2.35. The maximum Gasteiger partial charge on any atom is 0.154 e. The van der Waals surface area contributed by atoms with Gasteiger partial charge in [0.25, 0.3) is 0 Å². The third-order valence-corrected chi connectivity index (χ3v) is 4.69. The van der Waals surface area contributed by atoms with Gasteiger partial charge in [-0.15, -0.1) is 0 Å². The molecule has 2 rings (SSSR count). The van der Waals surface area contributed by atoms with E-state index in [4.69, 9.17) is 10.2 Å². The molecule has 2 aliphatic rings. The normalized spacial score (nSPS) is 42.8. The molecule has 0 heterocycles. The van der Waals surface area contributed by atoms with Gasteiger partial charge in [0.15, 0.2) is 6.29 Å². The molecular weight excluding hydrogens is 240 g/mol. The fourth-order valence-corrected chi connectivity index (χ4v) is 3.68. The van der Waals surface area contributed by atoms with Crippen molar-refractivity contribution in [2.24, 2.45) is 29.6 Å². The van der Waals surface area contributed by atoms with E-state index in [0.717, 1.165) is 12.8 Å². The van der Waals surface area contributed by atoms with Gasteiger partial charge in [-0.1, -0.05) is 38.2 Å². The minimum absolute atomic E-state index is 0.203. The lowest BCUT2D eigenvalue weighted by Gasteiger charge is -2.45. The quantitative estimate of drug-likeness (QED) is 0.541. The summed E-state index contributed by atoms with van der Waals surface area (Å²) in [6, 6.07) is 0. The van der Waals surface area contributed by atoms with E-state index in [9.17, 15) is 5.11 Å². The second-order valence-corrected chi connectivity index (χ2v) is 6.35. The fourth-order valence-electron chi connectivity index (χ4n) is 3.68. The third kappa shape index (κ3) is 3.47. The van der Waals surface area contributed by atoms with Crippen molar-refractivity contribution in [2.75, 3.05) is 0 Å². The molecular formula is C16H26O3. The van der Waals surface area contributed by atoms with Crippen LogP contribution in [-0.2, 0) is 0 Å². The summed E-state index contributed by atoms with van der Waals surface area (Å²) in [5.41, 5.74) is 0. The molecule has 1 fully saturated rings. The molecule has 6 unspecified atom stereocenters. The van der Waals surface area contributed by atoms with Gasteiger partial charge in [-0.3, -0.25) is 0 Å². The summed E-state index contributed by atoms with van der Waals surface area (Å²) in [4.78, 5) is 0. The predicted octanol–water partition coefficient (Wildman–Crippen LogP) is 2.09. The van der Waals surface area contributed by atoms with Crippen molar-refractivity contribution >= 4 is 0 Å². The molecule has 0 aromatic heterocycles. The molecule has 0 amide bonds. The molecule has 19 heavy (non-hydrogen) atoms. The van der Waals surface area contributed by atoms with E-state index in [1.165, 1.54) is 0 Å². The van der Waals surface area contributed by atoms with Crippen molar-refractivity contribution in [1.29, 1.82) is 0 Å². The van der Waals surface area contributed by atoms with Crippen LogP contribution in [0.4, 0.5) is 0 Å². The average molecular weight is 266 g/mol. The molecule has 3 N–H and O–H groups in total. The minimum atomic E-state index is -1.26. The van der Waals surface area contributed by atoms with Crippen molar-refractivity contribution < 1.29 is 15.3 Å². The Morgan fingerprint density at radius 2 is 1.95 bits per heavy atom. The molecule has 3 nitrogen and oxygen atoms in total. The first-order valence-electron chi connectivity index (χ1n) is 7.38. The number of hydrogen-bond donors (Lipinski definition) is 3. The molecule has 3 heteroatoms. The van der Waals surface area contributed by atoms with E-state index in [0.29, 0.717) is 29.6 Å². The number of aliphatic hydroxyl groups excluding tert-OH is 2. The Kier molecular flexibility index (Phi) is 4.82. The van der Waals surface area contributed by atoms with Crippen molar-refractivity contribution in [2.45, 2.75) is 45.5 Å². The zero-order valence-corrected chi connectivity index (χ0v) is 11.8. The van der Waals surface area contributed by atoms with Gasteiger partial charge in [0.2, 0.25) is 0 Å². The standard InChI is InChI=1S/C16H26O3/c1-10-6-7-13-12(4-3-5-15(17)18)9-11(2)16(19)14(13)8-10/h3-4,6-7,10-19H,5,8-9H2,1-2H3. The first-order chi connectivity index (χ1) is 8.99. The lowest BCUT2D eigenvalue weighted by molar-refractivity contribution is -0.0369. The Morgan fingerprint density at radius 3 is 2.63 bits per heavy atom. The molecule has 0 aromatic rings. The van der Waals surface area contributed by atoms with Crippen LogP contribution in [0.3, 0.4) is 0 Å². The molecule has 1 saturated carbocycles. The minimum Gasteiger partial charge on any atom is -0.393 e. The van der Waals surface area contributed by atoms with E-state index in [1.54, 1.807) is 0 Å². The molecule has 0 bridgehead atoms. The van der Waals surface area contributed by atoms with Crippen LogP contribution in [0.25, 0.3) is 0 Å². The van der Waals surface area contributed by atoms with Gasteiger partial charge in [0, 0.05) is 6.42 Å². The van der Waals surface area contributed by atoms with Crippen molar-refractivity contribution in [3.8, 4) is 0 Å². The van der Waals surface area contributed by atoms with E-state index in [2.05, 4.69) is 32.1 Å². The van der Waals surface area contributed by atoms with Crippen LogP contribution in [0.2, 0.25) is 0 Å². The van der Waals surface area contributed by atoms with Crippen LogP contribution in [0, 0.1) is 29.6 Å². The Hall–Kier alpha value is -0.640. The summed E-state index contributed by atoms with van der Waals surface area (Å²) in [5.74, 6) is 2.01. The maximum absolute atomic E-state index is 10.4. The number of aliphatic hydroxyl groups is 3. The summed E-state index contributed by atoms with van der Waals surface area (Å²) < 4.78 is 0. The maximum atomic E-state index is 10.4. The number of rotatable bonds is 3. The number of fused-ring (bicyclic) bond motifs is 1. The van der Waals surface area contributed by atoms with Gasteiger partial charge in [-0.2, -0.15) is 0 Å². The van der Waals surface area contributed by atoms with E-state index >= 15 is 0 Å². The highest BCUT2D eigenvalue weighted by atomic mass is 16.5. The van der Waals surface area contributed by atoms with Crippen molar-refractivity contribution in [1.82, 2.24) is 0 Å². The second-order valence-electron chi connectivity index (χ2n) is 6.35. The van der Waals surface area contributed by atoms with Crippen LogP contribution in [0.15, 0.2) is 24.3 Å². The van der Waals surface area contributed by atoms with Crippen LogP contribution in [0.5, 0.6) is 0 Å². The molecule has 0 radical (unpaired) electrons. The number of allylic oxidation sites excluding steroid dienone is 3. The highest BCUT2D eigenvalue weighted by Gasteiger charge is 2.41. The molecule has 6 atom stereocenters. The Morgan fingerprint density at radius 1 is 1.21 bits per heavy atom. The van der Waals surface area contributed by atoms with Gasteiger partial charge in [0.05, 0.1) is 6.10 Å². The zero-order chi connectivity index (χ0) is 14.0. The lowest BCUT2D eigenvalue weighted by atomic mass is 9.62. The molecule has 2 aliphatic carbocycles. The second kappa shape index (κ2) is 6.21. The fraction of sp³-hybridized carbons (Fsp3) is 0.750. The van der Waals surface area contributed by atoms with Crippen LogP contribution < -0.4 is 0 Å². The molecule has 0 saturated heterocycles. The summed E-state index contributed by atoms with van der Waals surface area (Å²) in [5, 5.41) is 28.2. The monoisotopic (exact) mass is 266 g/mol. The smallest absolute Gasteiger partial charge is 0.154 e. The van der Waals surface area contributed by atoms with Gasteiger partial charge in [0.1, 0.15) is 0 Å². The Labute approximate surface area is 115 Å². The third-order valence-electron chi connectivity index (χ3n) is 4.69. The molecule has 0 aromatic carbocycles. The van der Waals surface area contributed by atoms with Gasteiger partial charge >= 0.3 is 0 Å². The van der Waals surface area contributed by atoms with Crippen LogP contribution in [0.1, 0.15) is 33.1 Å². The molecule has 0 spiro atoms. The van der Waals surface area contributed by atoms with Gasteiger partial charge in [-0.25, -0.2) is 0 Å². The largest absolute Gasteiger partial charge is 0.393 e. The number of hydrogen-bond acceptors (Lipinski definition) is 3. The molecule has 0 aliphatic heterocycles. The summed E-state index contributed by atoms with van der Waals surface area (Å²) in [7, 11) is 0. The molecule has 108 valence electrons. The van der Waals surface area contributed by atoms with Crippen molar-refractivity contribution in [3.05, 3.63) is 24.3 Å². The highest BCUT2D eigenvalue weighted by molar-refractivity contribution is 5.11. The van der Waals surface area contributed by atoms with E-state index in [-0.39, 0.29) is 12.5 Å². The first-order valence-corrected chi connectivity index (χ1v) is 7.38. The van der Waals surface area contributed by atoms with Crippen molar-refractivity contribution in [3.63, 3.8) is 0 Å². The summed E-state index contributed by atoms with van der Waals surface area (Å²) in [6.45, 7) is 4.32. The van der Waals surface area contributed by atoms with Crippen LogP contribution in [-0.4, -0.2) is 27.7 Å². The first kappa shape index (κ1) is 14.8. The predicted molar refractivity (Wildman–Crippen MR) is 75.2 cm³/mol. The van der Waals surface area contributed by atoms with Crippen LogP contribution >= 0.6 is 0 Å².